The summed E-state index contributed by atoms with van der Waals surface area (Å²) < 4.78 is 1.50. The fourth-order valence-corrected chi connectivity index (χ4v) is 2.71. The molecule has 2 heterocycles. The lowest BCUT2D eigenvalue weighted by atomic mass is 10.1. The minimum Gasteiger partial charge on any atom is -0.292 e. The molecule has 19 heavy (non-hydrogen) atoms. The zero-order valence-corrected chi connectivity index (χ0v) is 11.4. The summed E-state index contributed by atoms with van der Waals surface area (Å²) in [7, 11) is 0. The number of aryl methyl sites for hydroxylation is 3. The molecule has 2 aromatic rings. The second-order valence-corrected chi connectivity index (χ2v) is 5.22. The van der Waals surface area contributed by atoms with Crippen molar-refractivity contribution in [3.63, 3.8) is 0 Å². The SMILES string of the molecule is Cc1cc(C)nc(-n2[nH]c3c(c2=O)CCCCC3)n1. The summed E-state index contributed by atoms with van der Waals surface area (Å²) in [6, 6.07) is 1.91. The van der Waals surface area contributed by atoms with Crippen molar-refractivity contribution in [3.8, 4) is 5.95 Å². The van der Waals surface area contributed by atoms with E-state index in [2.05, 4.69) is 15.1 Å². The summed E-state index contributed by atoms with van der Waals surface area (Å²) >= 11 is 0. The highest BCUT2D eigenvalue weighted by molar-refractivity contribution is 5.25. The third-order valence-corrected chi connectivity index (χ3v) is 3.60. The van der Waals surface area contributed by atoms with Crippen molar-refractivity contribution in [3.05, 3.63) is 39.1 Å². The second kappa shape index (κ2) is 4.64. The van der Waals surface area contributed by atoms with E-state index in [1.54, 1.807) is 0 Å². The first kappa shape index (κ1) is 12.1. The van der Waals surface area contributed by atoms with E-state index >= 15 is 0 Å². The number of nitrogens with zero attached hydrogens (tertiary/aromatic N) is 3. The number of aromatic amines is 1. The Morgan fingerprint density at radius 2 is 1.79 bits per heavy atom. The first-order valence-electron chi connectivity index (χ1n) is 6.80. The lowest BCUT2D eigenvalue weighted by Crippen LogP contribution is -2.20. The molecular weight excluding hydrogens is 240 g/mol. The lowest BCUT2D eigenvalue weighted by Gasteiger charge is -2.03. The Kier molecular flexibility index (Phi) is 2.97. The smallest absolute Gasteiger partial charge is 0.277 e. The molecule has 0 atom stereocenters. The molecule has 0 saturated carbocycles. The largest absolute Gasteiger partial charge is 0.292 e. The van der Waals surface area contributed by atoms with Crippen LogP contribution in [0.25, 0.3) is 5.95 Å². The number of hydrogen-bond donors (Lipinski definition) is 1. The van der Waals surface area contributed by atoms with Crippen LogP contribution < -0.4 is 5.56 Å². The van der Waals surface area contributed by atoms with Crippen LogP contribution in [-0.2, 0) is 12.8 Å². The van der Waals surface area contributed by atoms with Crippen molar-refractivity contribution in [2.75, 3.05) is 0 Å². The molecule has 0 aliphatic heterocycles. The van der Waals surface area contributed by atoms with Gasteiger partial charge in [0.1, 0.15) is 0 Å². The van der Waals surface area contributed by atoms with E-state index in [0.29, 0.717) is 5.95 Å². The summed E-state index contributed by atoms with van der Waals surface area (Å²) in [5.74, 6) is 0.454. The van der Waals surface area contributed by atoms with Gasteiger partial charge < -0.3 is 0 Å². The minimum absolute atomic E-state index is 0.0156. The second-order valence-electron chi connectivity index (χ2n) is 5.22. The summed E-state index contributed by atoms with van der Waals surface area (Å²) in [5, 5.41) is 3.19. The Morgan fingerprint density at radius 1 is 1.11 bits per heavy atom. The van der Waals surface area contributed by atoms with Crippen LogP contribution >= 0.6 is 0 Å². The molecule has 5 nitrogen and oxygen atoms in total. The van der Waals surface area contributed by atoms with Gasteiger partial charge in [-0.2, -0.15) is 4.68 Å². The van der Waals surface area contributed by atoms with E-state index < -0.39 is 0 Å². The van der Waals surface area contributed by atoms with E-state index in [1.165, 1.54) is 11.1 Å². The van der Waals surface area contributed by atoms with Crippen molar-refractivity contribution in [1.82, 2.24) is 19.7 Å². The number of nitrogens with one attached hydrogen (secondary N) is 1. The van der Waals surface area contributed by atoms with Gasteiger partial charge >= 0.3 is 0 Å². The Labute approximate surface area is 111 Å². The van der Waals surface area contributed by atoms with Gasteiger partial charge in [0.15, 0.2) is 0 Å². The predicted octanol–water partition coefficient (Wildman–Crippen LogP) is 1.84. The van der Waals surface area contributed by atoms with E-state index in [9.17, 15) is 4.79 Å². The van der Waals surface area contributed by atoms with Crippen LogP contribution in [0.5, 0.6) is 0 Å². The van der Waals surface area contributed by atoms with Gasteiger partial charge in [-0.3, -0.25) is 9.89 Å². The van der Waals surface area contributed by atoms with Gasteiger partial charge in [-0.25, -0.2) is 9.97 Å². The Balaban J connectivity index is 2.13. The fraction of sp³-hybridized carbons (Fsp3) is 0.500. The monoisotopic (exact) mass is 258 g/mol. The van der Waals surface area contributed by atoms with Crippen LogP contribution in [-0.4, -0.2) is 19.7 Å². The van der Waals surface area contributed by atoms with Crippen LogP contribution in [0.3, 0.4) is 0 Å². The minimum atomic E-state index is 0.0156. The Bertz CT molecular complexity index is 648. The van der Waals surface area contributed by atoms with E-state index in [0.717, 1.165) is 48.3 Å². The lowest BCUT2D eigenvalue weighted by molar-refractivity contribution is 0.681. The van der Waals surface area contributed by atoms with Crippen molar-refractivity contribution in [2.24, 2.45) is 0 Å². The van der Waals surface area contributed by atoms with Gasteiger partial charge in [0.05, 0.1) is 0 Å². The zero-order chi connectivity index (χ0) is 13.4. The molecule has 0 amide bonds. The molecular formula is C14H18N4O. The van der Waals surface area contributed by atoms with Gasteiger partial charge in [0, 0.05) is 22.6 Å². The molecule has 1 aliphatic rings. The summed E-state index contributed by atoms with van der Waals surface area (Å²) in [5.41, 5.74) is 3.74. The number of aromatic nitrogens is 4. The van der Waals surface area contributed by atoms with Crippen LogP contribution in [0.15, 0.2) is 10.9 Å². The summed E-state index contributed by atoms with van der Waals surface area (Å²) in [6.07, 6.45) is 5.24. The van der Waals surface area contributed by atoms with E-state index in [4.69, 9.17) is 0 Å². The Morgan fingerprint density at radius 3 is 2.53 bits per heavy atom. The number of hydrogen-bond acceptors (Lipinski definition) is 3. The summed E-state index contributed by atoms with van der Waals surface area (Å²) in [4.78, 5) is 21.1. The van der Waals surface area contributed by atoms with Gasteiger partial charge in [-0.05, 0) is 45.6 Å². The third-order valence-electron chi connectivity index (χ3n) is 3.60. The molecule has 1 aliphatic carbocycles. The highest BCUT2D eigenvalue weighted by Crippen LogP contribution is 2.16. The molecule has 0 bridgehead atoms. The average molecular weight is 258 g/mol. The first-order chi connectivity index (χ1) is 9.15. The first-order valence-corrected chi connectivity index (χ1v) is 6.80. The quantitative estimate of drug-likeness (QED) is 0.794. The maximum Gasteiger partial charge on any atom is 0.277 e. The zero-order valence-electron chi connectivity index (χ0n) is 11.4. The van der Waals surface area contributed by atoms with Gasteiger partial charge in [-0.15, -0.1) is 0 Å². The van der Waals surface area contributed by atoms with Crippen LogP contribution in [0, 0.1) is 13.8 Å². The number of H-pyrrole nitrogens is 1. The maximum absolute atomic E-state index is 12.4. The third kappa shape index (κ3) is 2.20. The standard InChI is InChI=1S/C14H18N4O/c1-9-8-10(2)16-14(15-9)18-13(19)11-6-4-3-5-7-12(11)17-18/h8,17H,3-7H2,1-2H3. The topological polar surface area (TPSA) is 63.6 Å². The molecule has 2 aromatic heterocycles. The van der Waals surface area contributed by atoms with E-state index in [1.807, 2.05) is 19.9 Å². The normalized spacial score (nSPS) is 15.1. The predicted molar refractivity (Wildman–Crippen MR) is 72.7 cm³/mol. The maximum atomic E-state index is 12.4. The molecule has 100 valence electrons. The van der Waals surface area contributed by atoms with Gasteiger partial charge in [-0.1, -0.05) is 6.42 Å². The molecule has 0 aromatic carbocycles. The van der Waals surface area contributed by atoms with Crippen LogP contribution in [0.2, 0.25) is 0 Å². The molecule has 0 spiro atoms. The number of rotatable bonds is 1. The van der Waals surface area contributed by atoms with Crippen LogP contribution in [0.1, 0.15) is 41.9 Å². The highest BCUT2D eigenvalue weighted by Gasteiger charge is 2.18. The van der Waals surface area contributed by atoms with Gasteiger partial charge in [0.25, 0.3) is 11.5 Å². The molecule has 0 radical (unpaired) electrons. The van der Waals surface area contributed by atoms with Crippen LogP contribution in [0.4, 0.5) is 0 Å². The van der Waals surface area contributed by atoms with Crippen molar-refractivity contribution in [2.45, 2.75) is 46.0 Å². The van der Waals surface area contributed by atoms with Crippen molar-refractivity contribution < 1.29 is 0 Å². The highest BCUT2D eigenvalue weighted by atomic mass is 16.1. The molecule has 3 rings (SSSR count). The molecule has 5 heteroatoms. The van der Waals surface area contributed by atoms with Gasteiger partial charge in [0.2, 0.25) is 0 Å². The molecule has 1 N–H and O–H groups in total. The summed E-state index contributed by atoms with van der Waals surface area (Å²) in [6.45, 7) is 3.83. The fourth-order valence-electron chi connectivity index (χ4n) is 2.71. The van der Waals surface area contributed by atoms with E-state index in [-0.39, 0.29) is 5.56 Å². The number of fused-ring (bicyclic) bond motifs is 1. The Hall–Kier alpha value is -1.91. The molecule has 0 fully saturated rings. The molecule has 0 saturated heterocycles. The molecule has 0 unspecified atom stereocenters. The van der Waals surface area contributed by atoms with Crippen molar-refractivity contribution in [1.29, 1.82) is 0 Å². The average Bonchev–Trinajstić information content (AvgIpc) is 2.55. The van der Waals surface area contributed by atoms with Crippen molar-refractivity contribution >= 4 is 0 Å².